The van der Waals surface area contributed by atoms with Crippen LogP contribution in [0.25, 0.3) is 0 Å². The molecule has 2 atom stereocenters. The van der Waals surface area contributed by atoms with Gasteiger partial charge in [0, 0.05) is 37.7 Å². The van der Waals surface area contributed by atoms with Gasteiger partial charge in [-0.3, -0.25) is 4.98 Å². The average Bonchev–Trinajstić information content (AvgIpc) is 2.99. The van der Waals surface area contributed by atoms with Crippen molar-refractivity contribution in [2.75, 3.05) is 25.0 Å². The van der Waals surface area contributed by atoms with Gasteiger partial charge in [-0.05, 0) is 36.3 Å². The maximum atomic E-state index is 10.9. The van der Waals surface area contributed by atoms with Crippen LogP contribution in [-0.2, 0) is 0 Å². The molecule has 2 fully saturated rings. The third-order valence-electron chi connectivity index (χ3n) is 4.52. The minimum atomic E-state index is -0.820. The van der Waals surface area contributed by atoms with Gasteiger partial charge in [-0.15, -0.1) is 4.99 Å². The number of piperidine rings is 1. The summed E-state index contributed by atoms with van der Waals surface area (Å²) in [5.74, 6) is 1.98. The van der Waals surface area contributed by atoms with Crippen molar-refractivity contribution >= 4 is 17.7 Å². The van der Waals surface area contributed by atoms with E-state index in [9.17, 15) is 4.79 Å². The summed E-state index contributed by atoms with van der Waals surface area (Å²) in [6.45, 7) is 2.00. The first-order valence-corrected chi connectivity index (χ1v) is 7.54. The summed E-state index contributed by atoms with van der Waals surface area (Å²) in [4.78, 5) is 20.0. The predicted octanol–water partition coefficient (Wildman–Crippen LogP) is 1.17. The summed E-state index contributed by atoms with van der Waals surface area (Å²) in [5, 5.41) is 23.9. The third kappa shape index (κ3) is 3.51. The topological polar surface area (TPSA) is 114 Å². The molecular weight excluding hydrogens is 296 g/mol. The highest BCUT2D eigenvalue weighted by molar-refractivity contribution is 5.94. The smallest absolute Gasteiger partial charge is 0.407 e. The van der Waals surface area contributed by atoms with Crippen LogP contribution in [0.4, 0.5) is 10.5 Å². The van der Waals surface area contributed by atoms with Gasteiger partial charge < -0.3 is 20.6 Å². The minimum absolute atomic E-state index is 0.414. The Morgan fingerprint density at radius 3 is 2.74 bits per heavy atom. The number of likely N-dealkylation sites (tertiary alicyclic amines) is 1. The molecule has 8 nitrogen and oxygen atoms in total. The van der Waals surface area contributed by atoms with Crippen LogP contribution in [0.2, 0.25) is 0 Å². The van der Waals surface area contributed by atoms with E-state index in [0.29, 0.717) is 43.3 Å². The van der Waals surface area contributed by atoms with E-state index in [1.807, 2.05) is 0 Å². The standard InChI is InChI=1S/C15H18N6O2/c16-9-19-14(20-10-1-4-17-5-2-10)18-6-3-11-12-7-21(15(22)23)8-13(11)12/h1-2,4-5,11-13H,3,6-8H2,(H,22,23)(H2,17,18,19,20). The molecule has 1 saturated heterocycles. The molecule has 0 radical (unpaired) electrons. The van der Waals surface area contributed by atoms with E-state index in [0.717, 1.165) is 12.1 Å². The van der Waals surface area contributed by atoms with E-state index in [1.54, 1.807) is 30.7 Å². The normalized spacial score (nSPS) is 25.4. The number of anilines is 1. The largest absolute Gasteiger partial charge is 0.465 e. The van der Waals surface area contributed by atoms with Gasteiger partial charge >= 0.3 is 6.09 Å². The van der Waals surface area contributed by atoms with Crippen LogP contribution in [0.1, 0.15) is 6.42 Å². The Labute approximate surface area is 133 Å². The van der Waals surface area contributed by atoms with E-state index in [-0.39, 0.29) is 0 Å². The Balaban J connectivity index is 1.42. The van der Waals surface area contributed by atoms with Gasteiger partial charge in [0.2, 0.25) is 12.2 Å². The molecular formula is C15H18N6O2. The van der Waals surface area contributed by atoms with Gasteiger partial charge in [0.25, 0.3) is 0 Å². The molecule has 2 aliphatic rings. The van der Waals surface area contributed by atoms with E-state index < -0.39 is 6.09 Å². The van der Waals surface area contributed by atoms with Crippen molar-refractivity contribution in [1.29, 1.82) is 5.26 Å². The number of nitrogens with zero attached hydrogens (tertiary/aromatic N) is 4. The van der Waals surface area contributed by atoms with Gasteiger partial charge in [0.1, 0.15) is 0 Å². The molecule has 0 spiro atoms. The number of aromatic nitrogens is 1. The first-order valence-electron chi connectivity index (χ1n) is 7.54. The number of aliphatic imine (C=N–C) groups is 1. The second-order valence-electron chi connectivity index (χ2n) is 5.82. The molecule has 1 saturated carbocycles. The molecule has 3 N–H and O–H groups in total. The monoisotopic (exact) mass is 314 g/mol. The summed E-state index contributed by atoms with van der Waals surface area (Å²) >= 11 is 0. The third-order valence-corrected chi connectivity index (χ3v) is 4.52. The van der Waals surface area contributed by atoms with Gasteiger partial charge in [0.05, 0.1) is 0 Å². The molecule has 0 aromatic carbocycles. The Kier molecular flexibility index (Phi) is 4.28. The molecule has 1 amide bonds. The Hall–Kier alpha value is -2.82. The van der Waals surface area contributed by atoms with Crippen molar-refractivity contribution in [3.8, 4) is 6.19 Å². The Bertz CT molecular complexity index is 629. The van der Waals surface area contributed by atoms with Crippen molar-refractivity contribution in [2.45, 2.75) is 6.42 Å². The van der Waals surface area contributed by atoms with Crippen molar-refractivity contribution in [2.24, 2.45) is 22.7 Å². The molecule has 1 aromatic rings. The minimum Gasteiger partial charge on any atom is -0.465 e. The summed E-state index contributed by atoms with van der Waals surface area (Å²) < 4.78 is 0. The lowest BCUT2D eigenvalue weighted by molar-refractivity contribution is 0.148. The average molecular weight is 314 g/mol. The van der Waals surface area contributed by atoms with Gasteiger partial charge in [-0.1, -0.05) is 0 Å². The molecule has 1 aliphatic heterocycles. The maximum absolute atomic E-state index is 10.9. The van der Waals surface area contributed by atoms with Crippen molar-refractivity contribution in [3.63, 3.8) is 0 Å². The number of rotatable bonds is 4. The number of carboxylic acid groups (broad SMARTS) is 1. The number of hydrogen-bond donors (Lipinski definition) is 3. The number of carbonyl (C=O) groups is 1. The second-order valence-corrected chi connectivity index (χ2v) is 5.82. The van der Waals surface area contributed by atoms with Gasteiger partial charge in [-0.2, -0.15) is 5.26 Å². The van der Waals surface area contributed by atoms with Crippen LogP contribution in [0.5, 0.6) is 0 Å². The number of fused-ring (bicyclic) bond motifs is 1. The maximum Gasteiger partial charge on any atom is 0.407 e. The van der Waals surface area contributed by atoms with Crippen LogP contribution in [0.15, 0.2) is 29.5 Å². The molecule has 8 heteroatoms. The number of guanidine groups is 1. The van der Waals surface area contributed by atoms with E-state index >= 15 is 0 Å². The van der Waals surface area contributed by atoms with Crippen molar-refractivity contribution in [3.05, 3.63) is 24.5 Å². The molecule has 0 bridgehead atoms. The van der Waals surface area contributed by atoms with E-state index in [1.165, 1.54) is 4.90 Å². The predicted molar refractivity (Wildman–Crippen MR) is 83.6 cm³/mol. The van der Waals surface area contributed by atoms with Crippen LogP contribution in [0, 0.1) is 29.2 Å². The summed E-state index contributed by atoms with van der Waals surface area (Å²) in [5.41, 5.74) is 0.807. The van der Waals surface area contributed by atoms with Gasteiger partial charge in [-0.25, -0.2) is 4.79 Å². The number of nitrogens with one attached hydrogen (secondary N) is 2. The zero-order chi connectivity index (χ0) is 16.2. The first-order chi connectivity index (χ1) is 11.2. The highest BCUT2D eigenvalue weighted by Crippen LogP contribution is 2.53. The highest BCUT2D eigenvalue weighted by Gasteiger charge is 2.55. The molecule has 2 heterocycles. The number of nitriles is 1. The zero-order valence-corrected chi connectivity index (χ0v) is 12.5. The second kappa shape index (κ2) is 6.52. The fraction of sp³-hybridized carbons (Fsp3) is 0.467. The molecule has 2 unspecified atom stereocenters. The lowest BCUT2D eigenvalue weighted by Crippen LogP contribution is -2.33. The molecule has 120 valence electrons. The molecule has 3 rings (SSSR count). The summed E-state index contributed by atoms with van der Waals surface area (Å²) in [6.07, 6.45) is 5.22. The number of hydrogen-bond acceptors (Lipinski definition) is 4. The lowest BCUT2D eigenvalue weighted by atomic mass is 10.2. The quantitative estimate of drug-likeness (QED) is 0.437. The van der Waals surface area contributed by atoms with Crippen molar-refractivity contribution < 1.29 is 9.90 Å². The molecule has 23 heavy (non-hydrogen) atoms. The highest BCUT2D eigenvalue weighted by atomic mass is 16.4. The SMILES string of the molecule is N#C/N=C(\NCCC1C2CN(C(=O)O)CC12)Nc1ccncc1. The Morgan fingerprint density at radius 2 is 2.13 bits per heavy atom. The first kappa shape index (κ1) is 15.1. The zero-order valence-electron chi connectivity index (χ0n) is 12.5. The fourth-order valence-electron chi connectivity index (χ4n) is 3.32. The van der Waals surface area contributed by atoms with Crippen LogP contribution in [0.3, 0.4) is 0 Å². The van der Waals surface area contributed by atoms with Gasteiger partial charge in [0.15, 0.2) is 0 Å². The lowest BCUT2D eigenvalue weighted by Gasteiger charge is -2.16. The summed E-state index contributed by atoms with van der Waals surface area (Å²) in [6, 6.07) is 3.58. The molecule has 1 aliphatic carbocycles. The van der Waals surface area contributed by atoms with Crippen LogP contribution < -0.4 is 10.6 Å². The van der Waals surface area contributed by atoms with Crippen LogP contribution >= 0.6 is 0 Å². The Morgan fingerprint density at radius 1 is 1.43 bits per heavy atom. The fourth-order valence-corrected chi connectivity index (χ4v) is 3.32. The number of pyridine rings is 1. The molecule has 1 aromatic heterocycles. The summed E-state index contributed by atoms with van der Waals surface area (Å²) in [7, 11) is 0. The number of amides is 1. The van der Waals surface area contributed by atoms with E-state index in [2.05, 4.69) is 20.6 Å². The van der Waals surface area contributed by atoms with Crippen molar-refractivity contribution in [1.82, 2.24) is 15.2 Å². The van der Waals surface area contributed by atoms with E-state index in [4.69, 9.17) is 10.4 Å². The van der Waals surface area contributed by atoms with Crippen LogP contribution in [-0.4, -0.2) is 46.7 Å².